The lowest BCUT2D eigenvalue weighted by atomic mass is 10.2. The second-order valence-electron chi connectivity index (χ2n) is 3.96. The Morgan fingerprint density at radius 2 is 2.29 bits per heavy atom. The summed E-state index contributed by atoms with van der Waals surface area (Å²) in [4.78, 5) is 4.67. The minimum atomic E-state index is 0.718. The molecular weight excluding hydrogens is 240 g/mol. The Hall–Kier alpha value is -0.830. The summed E-state index contributed by atoms with van der Waals surface area (Å²) in [6.45, 7) is 0. The highest BCUT2D eigenvalue weighted by molar-refractivity contribution is 9.10. The molecule has 1 saturated carbocycles. The molecule has 0 spiro atoms. The summed E-state index contributed by atoms with van der Waals surface area (Å²) < 4.78 is 3.26. The highest BCUT2D eigenvalue weighted by Gasteiger charge is 2.25. The zero-order valence-corrected chi connectivity index (χ0v) is 9.58. The van der Waals surface area contributed by atoms with Crippen LogP contribution in [0.25, 0.3) is 11.0 Å². The van der Waals surface area contributed by atoms with Crippen LogP contribution in [0.4, 0.5) is 0 Å². The largest absolute Gasteiger partial charge is 0.348 e. The standard InChI is InChI=1S/C11H11BrN2/c1-14-5-4-9-11(14)8(12)6-10(13-9)7-2-3-7/h4-7H,2-3H2,1H3. The monoisotopic (exact) mass is 250 g/mol. The number of nitrogens with zero attached hydrogens (tertiary/aromatic N) is 2. The summed E-state index contributed by atoms with van der Waals surface area (Å²) in [5, 5.41) is 0. The molecule has 0 amide bonds. The molecule has 3 rings (SSSR count). The van der Waals surface area contributed by atoms with E-state index in [-0.39, 0.29) is 0 Å². The van der Waals surface area contributed by atoms with Crippen LogP contribution < -0.4 is 0 Å². The number of aromatic nitrogens is 2. The first kappa shape index (κ1) is 8.48. The molecule has 2 aromatic rings. The summed E-state index contributed by atoms with van der Waals surface area (Å²) in [5.41, 5.74) is 3.54. The van der Waals surface area contributed by atoms with E-state index in [2.05, 4.69) is 43.8 Å². The zero-order chi connectivity index (χ0) is 9.71. The van der Waals surface area contributed by atoms with Crippen molar-refractivity contribution in [2.24, 2.45) is 7.05 Å². The van der Waals surface area contributed by atoms with E-state index in [1.54, 1.807) is 0 Å². The van der Waals surface area contributed by atoms with Crippen molar-refractivity contribution < 1.29 is 0 Å². The topological polar surface area (TPSA) is 17.8 Å². The van der Waals surface area contributed by atoms with Gasteiger partial charge in [-0.1, -0.05) is 0 Å². The molecule has 0 atom stereocenters. The lowest BCUT2D eigenvalue weighted by Gasteiger charge is -2.02. The SMILES string of the molecule is Cn1ccc2nc(C3CC3)cc(Br)c21. The Morgan fingerprint density at radius 3 is 3.00 bits per heavy atom. The van der Waals surface area contributed by atoms with E-state index in [0.717, 1.165) is 15.9 Å². The van der Waals surface area contributed by atoms with Crippen LogP contribution in [-0.4, -0.2) is 9.55 Å². The fraction of sp³-hybridized carbons (Fsp3) is 0.364. The Kier molecular flexibility index (Phi) is 1.71. The van der Waals surface area contributed by atoms with Crippen LogP contribution in [0.3, 0.4) is 0 Å². The van der Waals surface area contributed by atoms with E-state index in [1.807, 2.05) is 7.05 Å². The van der Waals surface area contributed by atoms with Gasteiger partial charge in [0.05, 0.1) is 11.0 Å². The van der Waals surface area contributed by atoms with E-state index >= 15 is 0 Å². The maximum atomic E-state index is 4.67. The summed E-state index contributed by atoms with van der Waals surface area (Å²) in [5.74, 6) is 0.718. The fourth-order valence-corrected chi connectivity index (χ4v) is 2.57. The average molecular weight is 251 g/mol. The number of fused-ring (bicyclic) bond motifs is 1. The van der Waals surface area contributed by atoms with E-state index in [4.69, 9.17) is 0 Å². The number of hydrogen-bond donors (Lipinski definition) is 0. The van der Waals surface area contributed by atoms with Gasteiger partial charge >= 0.3 is 0 Å². The average Bonchev–Trinajstić information content (AvgIpc) is 2.92. The molecule has 72 valence electrons. The normalized spacial score (nSPS) is 16.4. The summed E-state index contributed by atoms with van der Waals surface area (Å²) >= 11 is 3.61. The number of rotatable bonds is 1. The van der Waals surface area contributed by atoms with Gasteiger partial charge in [0.1, 0.15) is 0 Å². The van der Waals surface area contributed by atoms with Gasteiger partial charge in [-0.15, -0.1) is 0 Å². The molecule has 2 heterocycles. The third kappa shape index (κ3) is 1.19. The molecule has 14 heavy (non-hydrogen) atoms. The number of pyridine rings is 1. The minimum Gasteiger partial charge on any atom is -0.348 e. The smallest absolute Gasteiger partial charge is 0.0895 e. The maximum Gasteiger partial charge on any atom is 0.0895 e. The molecule has 1 fully saturated rings. The summed E-state index contributed by atoms with van der Waals surface area (Å²) in [6, 6.07) is 4.24. The highest BCUT2D eigenvalue weighted by Crippen LogP contribution is 2.40. The van der Waals surface area contributed by atoms with Crippen molar-refractivity contribution in [1.82, 2.24) is 9.55 Å². The molecule has 0 aromatic carbocycles. The molecule has 0 N–H and O–H groups in total. The third-order valence-electron chi connectivity index (χ3n) is 2.80. The van der Waals surface area contributed by atoms with Gasteiger partial charge in [0.25, 0.3) is 0 Å². The van der Waals surface area contributed by atoms with Crippen molar-refractivity contribution in [2.75, 3.05) is 0 Å². The summed E-state index contributed by atoms with van der Waals surface area (Å²) in [6.07, 6.45) is 4.66. The Morgan fingerprint density at radius 1 is 1.50 bits per heavy atom. The van der Waals surface area contributed by atoms with Crippen molar-refractivity contribution in [3.8, 4) is 0 Å². The predicted molar refractivity (Wildman–Crippen MR) is 60.4 cm³/mol. The van der Waals surface area contributed by atoms with E-state index in [0.29, 0.717) is 0 Å². The van der Waals surface area contributed by atoms with Crippen LogP contribution in [0.2, 0.25) is 0 Å². The first-order valence-corrected chi connectivity index (χ1v) is 5.66. The van der Waals surface area contributed by atoms with E-state index in [1.165, 1.54) is 24.1 Å². The highest BCUT2D eigenvalue weighted by atomic mass is 79.9. The van der Waals surface area contributed by atoms with Crippen molar-refractivity contribution in [2.45, 2.75) is 18.8 Å². The molecule has 0 unspecified atom stereocenters. The van der Waals surface area contributed by atoms with Crippen molar-refractivity contribution in [3.05, 3.63) is 28.5 Å². The molecule has 2 nitrogen and oxygen atoms in total. The molecule has 0 aliphatic heterocycles. The number of hydrogen-bond acceptors (Lipinski definition) is 1. The van der Waals surface area contributed by atoms with Gasteiger partial charge in [0.2, 0.25) is 0 Å². The minimum absolute atomic E-state index is 0.718. The zero-order valence-electron chi connectivity index (χ0n) is 8.00. The first-order chi connectivity index (χ1) is 6.75. The number of halogens is 1. The van der Waals surface area contributed by atoms with E-state index in [9.17, 15) is 0 Å². The summed E-state index contributed by atoms with van der Waals surface area (Å²) in [7, 11) is 2.05. The van der Waals surface area contributed by atoms with Crippen LogP contribution in [-0.2, 0) is 7.05 Å². The lowest BCUT2D eigenvalue weighted by Crippen LogP contribution is -1.90. The van der Waals surface area contributed by atoms with Gasteiger partial charge in [0, 0.05) is 29.3 Å². The molecule has 0 radical (unpaired) electrons. The van der Waals surface area contributed by atoms with Crippen molar-refractivity contribution >= 4 is 27.0 Å². The number of aryl methyl sites for hydroxylation is 1. The van der Waals surface area contributed by atoms with Crippen LogP contribution in [0, 0.1) is 0 Å². The Labute approximate surface area is 91.1 Å². The molecule has 1 aliphatic carbocycles. The van der Waals surface area contributed by atoms with E-state index < -0.39 is 0 Å². The lowest BCUT2D eigenvalue weighted by molar-refractivity contribution is 0.961. The molecule has 3 heteroatoms. The van der Waals surface area contributed by atoms with Gasteiger partial charge in [0.15, 0.2) is 0 Å². The molecular formula is C11H11BrN2. The van der Waals surface area contributed by atoms with Crippen molar-refractivity contribution in [3.63, 3.8) is 0 Å². The predicted octanol–water partition coefficient (Wildman–Crippen LogP) is 3.21. The Bertz CT molecular complexity index is 497. The van der Waals surface area contributed by atoms with Crippen molar-refractivity contribution in [1.29, 1.82) is 0 Å². The third-order valence-corrected chi connectivity index (χ3v) is 3.40. The van der Waals surface area contributed by atoms with Crippen LogP contribution >= 0.6 is 15.9 Å². The maximum absolute atomic E-state index is 4.67. The van der Waals surface area contributed by atoms with Gasteiger partial charge in [-0.2, -0.15) is 0 Å². The molecule has 0 bridgehead atoms. The second-order valence-corrected chi connectivity index (χ2v) is 4.82. The van der Waals surface area contributed by atoms with Gasteiger partial charge < -0.3 is 4.57 Å². The van der Waals surface area contributed by atoms with Crippen LogP contribution in [0.5, 0.6) is 0 Å². The van der Waals surface area contributed by atoms with Crippen LogP contribution in [0.15, 0.2) is 22.8 Å². The Balaban J connectivity index is 2.29. The first-order valence-electron chi connectivity index (χ1n) is 4.87. The van der Waals surface area contributed by atoms with Gasteiger partial charge in [-0.25, -0.2) is 0 Å². The van der Waals surface area contributed by atoms with Gasteiger partial charge in [-0.3, -0.25) is 4.98 Å². The molecule has 0 saturated heterocycles. The fourth-order valence-electron chi connectivity index (χ4n) is 1.86. The van der Waals surface area contributed by atoms with Crippen LogP contribution in [0.1, 0.15) is 24.5 Å². The molecule has 2 aromatic heterocycles. The molecule has 1 aliphatic rings. The van der Waals surface area contributed by atoms with Gasteiger partial charge in [-0.05, 0) is 40.9 Å². The second kappa shape index (κ2) is 2.83. The quantitative estimate of drug-likeness (QED) is 0.760.